The third kappa shape index (κ3) is 8.29. The third-order valence-corrected chi connectivity index (χ3v) is 7.11. The average Bonchev–Trinajstić information content (AvgIpc) is 2.99. The summed E-state index contributed by atoms with van der Waals surface area (Å²) >= 11 is 3.39. The number of amides is 1. The van der Waals surface area contributed by atoms with Crippen molar-refractivity contribution in [3.8, 4) is 17.2 Å². The van der Waals surface area contributed by atoms with Crippen LogP contribution in [0.2, 0.25) is 0 Å². The molecule has 1 N–H and O–H groups in total. The predicted molar refractivity (Wildman–Crippen MR) is 157 cm³/mol. The Morgan fingerprint density at radius 2 is 1.70 bits per heavy atom. The van der Waals surface area contributed by atoms with E-state index in [9.17, 15) is 27.9 Å². The number of carbonyl (C=O) groups excluding carboxylic acids is 2. The number of ether oxygens (including phenoxy) is 4. The van der Waals surface area contributed by atoms with Crippen molar-refractivity contribution < 1.29 is 46.8 Å². The monoisotopic (exact) mass is 665 g/mol. The van der Waals surface area contributed by atoms with Gasteiger partial charge in [0.25, 0.3) is 5.91 Å². The van der Waals surface area contributed by atoms with Gasteiger partial charge in [-0.3, -0.25) is 4.79 Å². The summed E-state index contributed by atoms with van der Waals surface area (Å²) < 4.78 is 63.1. The molecule has 0 spiro atoms. The molecule has 43 heavy (non-hydrogen) atoms. The lowest BCUT2D eigenvalue weighted by Gasteiger charge is -2.28. The summed E-state index contributed by atoms with van der Waals surface area (Å²) in [5, 5.41) is 11.6. The molecule has 1 amide bonds. The van der Waals surface area contributed by atoms with Crippen LogP contribution < -0.4 is 19.1 Å². The summed E-state index contributed by atoms with van der Waals surface area (Å²) in [4.78, 5) is 26.7. The van der Waals surface area contributed by atoms with Crippen LogP contribution in [0.1, 0.15) is 42.2 Å². The Kier molecular flexibility index (Phi) is 11.6. The molecule has 1 unspecified atom stereocenters. The van der Waals surface area contributed by atoms with Crippen molar-refractivity contribution in [1.29, 1.82) is 0 Å². The van der Waals surface area contributed by atoms with E-state index in [0.29, 0.717) is 33.9 Å². The molecule has 0 aliphatic heterocycles. The van der Waals surface area contributed by atoms with Crippen LogP contribution in [0.15, 0.2) is 71.2 Å². The van der Waals surface area contributed by atoms with Gasteiger partial charge in [0.15, 0.2) is 0 Å². The number of carbonyl (C=O) groups is 2. The number of alkyl halides is 3. The van der Waals surface area contributed by atoms with E-state index in [0.717, 1.165) is 35.3 Å². The lowest BCUT2D eigenvalue weighted by Crippen LogP contribution is -2.31. The molecule has 0 saturated carbocycles. The zero-order valence-corrected chi connectivity index (χ0v) is 25.5. The molecule has 0 aliphatic rings. The first-order chi connectivity index (χ1) is 20.4. The van der Waals surface area contributed by atoms with Gasteiger partial charge in [0, 0.05) is 34.9 Å². The Morgan fingerprint density at radius 3 is 2.33 bits per heavy atom. The molecular weight excluding hydrogens is 635 g/mol. The van der Waals surface area contributed by atoms with E-state index in [1.165, 1.54) is 20.3 Å². The summed E-state index contributed by atoms with van der Waals surface area (Å²) in [6.45, 7) is 3.55. The molecule has 12 heteroatoms. The highest BCUT2D eigenvalue weighted by atomic mass is 79.9. The van der Waals surface area contributed by atoms with Crippen molar-refractivity contribution in [3.05, 3.63) is 93.5 Å². The molecule has 8 nitrogen and oxygen atoms in total. The second-order valence-electron chi connectivity index (χ2n) is 8.95. The van der Waals surface area contributed by atoms with Crippen molar-refractivity contribution in [2.24, 2.45) is 0 Å². The van der Waals surface area contributed by atoms with E-state index in [4.69, 9.17) is 18.9 Å². The van der Waals surface area contributed by atoms with Crippen LogP contribution in [0, 0.1) is 0 Å². The van der Waals surface area contributed by atoms with E-state index in [2.05, 4.69) is 15.9 Å². The maximum absolute atomic E-state index is 13.9. The highest BCUT2D eigenvalue weighted by Gasteiger charge is 2.34. The second kappa shape index (κ2) is 14.9. The highest BCUT2D eigenvalue weighted by molar-refractivity contribution is 9.10. The molecule has 230 valence electrons. The molecule has 3 rings (SSSR count). The van der Waals surface area contributed by atoms with Gasteiger partial charge in [-0.15, -0.1) is 0 Å². The molecule has 1 atom stereocenters. The number of anilines is 1. The maximum atomic E-state index is 13.9. The third-order valence-electron chi connectivity index (χ3n) is 6.27. The van der Waals surface area contributed by atoms with Crippen LogP contribution in [-0.4, -0.2) is 44.4 Å². The lowest BCUT2D eigenvalue weighted by molar-refractivity contribution is -0.138. The largest absolute Gasteiger partial charge is 0.497 e. The second-order valence-corrected chi connectivity index (χ2v) is 9.75. The van der Waals surface area contributed by atoms with Gasteiger partial charge in [0.1, 0.15) is 23.4 Å². The van der Waals surface area contributed by atoms with Crippen LogP contribution in [0.5, 0.6) is 17.2 Å². The topological polar surface area (TPSA) is 94.5 Å². The minimum atomic E-state index is -4.74. The summed E-state index contributed by atoms with van der Waals surface area (Å²) in [6, 6.07) is 12.3. The lowest BCUT2D eigenvalue weighted by atomic mass is 9.96. The van der Waals surface area contributed by atoms with Crippen LogP contribution >= 0.6 is 15.9 Å². The Bertz CT molecular complexity index is 1480. The van der Waals surface area contributed by atoms with Crippen molar-refractivity contribution in [2.45, 2.75) is 32.7 Å². The minimum absolute atomic E-state index is 0.0365. The fourth-order valence-electron chi connectivity index (χ4n) is 4.22. The molecule has 0 heterocycles. The summed E-state index contributed by atoms with van der Waals surface area (Å²) in [6.07, 6.45) is -4.50. The van der Waals surface area contributed by atoms with Crippen molar-refractivity contribution >= 4 is 33.5 Å². The summed E-state index contributed by atoms with van der Waals surface area (Å²) in [5.74, 6) is -0.345. The number of aliphatic hydroxyl groups excluding tert-OH is 1. The molecule has 0 bridgehead atoms. The van der Waals surface area contributed by atoms with Gasteiger partial charge in [0.05, 0.1) is 49.7 Å². The number of rotatable bonds is 12. The molecule has 3 aromatic rings. The predicted octanol–water partition coefficient (Wildman–Crippen LogP) is 6.62. The van der Waals surface area contributed by atoms with Gasteiger partial charge in [-0.2, -0.15) is 13.2 Å². The van der Waals surface area contributed by atoms with Gasteiger partial charge >= 0.3 is 12.1 Å². The summed E-state index contributed by atoms with van der Waals surface area (Å²) in [7, 11) is 2.89. The number of benzene rings is 3. The zero-order chi connectivity index (χ0) is 31.7. The Balaban J connectivity index is 2.25. The van der Waals surface area contributed by atoms with E-state index in [-0.39, 0.29) is 30.0 Å². The number of halogens is 4. The number of hydrogen-bond acceptors (Lipinski definition) is 7. The quantitative estimate of drug-likeness (QED) is 0.172. The van der Waals surface area contributed by atoms with Crippen LogP contribution in [0.4, 0.5) is 18.9 Å². The van der Waals surface area contributed by atoms with Gasteiger partial charge in [-0.25, -0.2) is 4.79 Å². The van der Waals surface area contributed by atoms with Crippen molar-refractivity contribution in [2.75, 3.05) is 32.3 Å². The van der Waals surface area contributed by atoms with E-state index in [1.807, 2.05) is 0 Å². The van der Waals surface area contributed by atoms with E-state index < -0.39 is 29.7 Å². The normalized spacial score (nSPS) is 12.1. The van der Waals surface area contributed by atoms with Crippen LogP contribution in [-0.2, 0) is 27.0 Å². The number of methoxy groups -OCH3 is 2. The molecule has 0 saturated heterocycles. The van der Waals surface area contributed by atoms with Gasteiger partial charge in [-0.05, 0) is 66.2 Å². The zero-order valence-electron chi connectivity index (χ0n) is 23.9. The Hall–Kier alpha value is -4.03. The molecule has 0 aliphatic carbocycles. The first-order valence-corrected chi connectivity index (χ1v) is 13.9. The smallest absolute Gasteiger partial charge is 0.416 e. The van der Waals surface area contributed by atoms with Gasteiger partial charge in [-0.1, -0.05) is 12.1 Å². The average molecular weight is 666 g/mol. The van der Waals surface area contributed by atoms with E-state index in [1.54, 1.807) is 44.2 Å². The fraction of sp³-hybridized carbons (Fsp3) is 0.290. The SMILES string of the molecule is CCOC(=O)/C=C/C(=O)N(Cc1ccc(OC)cc1OC)c1ccc(C(F)(F)F)cc1C(O)c1cccc(OCC)c1Br. The molecule has 0 fully saturated rings. The van der Waals surface area contributed by atoms with Crippen molar-refractivity contribution in [3.63, 3.8) is 0 Å². The van der Waals surface area contributed by atoms with Crippen LogP contribution in [0.25, 0.3) is 0 Å². The van der Waals surface area contributed by atoms with Crippen molar-refractivity contribution in [1.82, 2.24) is 0 Å². The molecule has 0 radical (unpaired) electrons. The van der Waals surface area contributed by atoms with Crippen LogP contribution in [0.3, 0.4) is 0 Å². The standard InChI is InChI=1S/C31H31BrF3NO7/c1-5-42-25-9-7-8-22(29(25)32)30(39)23-16-20(31(33,34)35)11-13-24(23)36(27(37)14-15-28(38)43-6-2)18-19-10-12-21(40-3)17-26(19)41-4/h7-17,30,39H,5-6,18H2,1-4H3/b15-14+. The maximum Gasteiger partial charge on any atom is 0.416 e. The first-order valence-electron chi connectivity index (χ1n) is 13.1. The minimum Gasteiger partial charge on any atom is -0.497 e. The fourth-order valence-corrected chi connectivity index (χ4v) is 4.82. The van der Waals surface area contributed by atoms with Gasteiger partial charge < -0.3 is 29.0 Å². The van der Waals surface area contributed by atoms with Gasteiger partial charge in [0.2, 0.25) is 0 Å². The molecular formula is C31H31BrF3NO7. The number of hydrogen-bond donors (Lipinski definition) is 1. The highest BCUT2D eigenvalue weighted by Crippen LogP contribution is 2.41. The first kappa shape index (κ1) is 33.5. The Labute approximate surface area is 255 Å². The van der Waals surface area contributed by atoms with E-state index >= 15 is 0 Å². The summed E-state index contributed by atoms with van der Waals surface area (Å²) in [5.41, 5.74) is -0.594. The number of aliphatic hydroxyl groups is 1. The Morgan fingerprint density at radius 1 is 0.953 bits per heavy atom. The number of nitrogens with zero attached hydrogens (tertiary/aromatic N) is 1. The molecule has 0 aromatic heterocycles. The number of esters is 1. The molecule has 3 aromatic carbocycles.